The van der Waals surface area contributed by atoms with E-state index in [1.165, 1.54) is 0 Å². The van der Waals surface area contributed by atoms with Gasteiger partial charge in [-0.05, 0) is 61.1 Å². The molecule has 1 fully saturated rings. The molecule has 1 aliphatic rings. The van der Waals surface area contributed by atoms with Gasteiger partial charge >= 0.3 is 6.18 Å². The highest BCUT2D eigenvalue weighted by Gasteiger charge is 2.32. The summed E-state index contributed by atoms with van der Waals surface area (Å²) in [6.45, 7) is 0. The number of phenols is 1. The molecule has 1 aliphatic carbocycles. The van der Waals surface area contributed by atoms with Gasteiger partial charge < -0.3 is 10.4 Å². The molecule has 0 heterocycles. The first kappa shape index (κ1) is 19.2. The predicted molar refractivity (Wildman–Crippen MR) is 92.8 cm³/mol. The minimum atomic E-state index is -4.63. The van der Waals surface area contributed by atoms with E-state index in [0.717, 1.165) is 30.5 Å². The number of hydrogen-bond acceptors (Lipinski definition) is 2. The Labute approximate surface area is 154 Å². The van der Waals surface area contributed by atoms with E-state index in [1.807, 2.05) is 12.1 Å². The monoisotopic (exact) mass is 381 g/mol. The Morgan fingerprint density at radius 2 is 1.78 bits per heavy atom. The number of phenolic OH excluding ortho intramolecular Hbond substituents is 1. The third-order valence-electron chi connectivity index (χ3n) is 4.96. The number of alkyl halides is 3. The lowest BCUT2D eigenvalue weighted by Gasteiger charge is -2.28. The molecule has 2 atom stereocenters. The molecule has 0 aliphatic heterocycles. The number of benzene rings is 2. The second-order valence-corrected chi connectivity index (χ2v) is 6.83. The molecular weight excluding hydrogens is 362 g/mol. The summed E-state index contributed by atoms with van der Waals surface area (Å²) in [5.74, 6) is -1.53. The normalized spacial score (nSPS) is 20.3. The van der Waals surface area contributed by atoms with Crippen molar-refractivity contribution < 1.29 is 27.5 Å². The van der Waals surface area contributed by atoms with E-state index in [1.54, 1.807) is 12.1 Å². The molecule has 0 radical (unpaired) electrons. The van der Waals surface area contributed by atoms with Gasteiger partial charge in [0.15, 0.2) is 0 Å². The number of anilines is 1. The number of carbonyl (C=O) groups is 1. The van der Waals surface area contributed by atoms with Crippen LogP contribution in [0.2, 0.25) is 0 Å². The summed E-state index contributed by atoms with van der Waals surface area (Å²) in [7, 11) is 0. The van der Waals surface area contributed by atoms with Crippen LogP contribution in [0.5, 0.6) is 5.75 Å². The zero-order valence-corrected chi connectivity index (χ0v) is 14.4. The molecule has 2 aromatic carbocycles. The lowest BCUT2D eigenvalue weighted by atomic mass is 9.77. The number of halogens is 4. The number of aromatic hydroxyl groups is 1. The predicted octanol–water partition coefficient (Wildman–Crippen LogP) is 5.46. The molecule has 144 valence electrons. The third kappa shape index (κ3) is 4.59. The fourth-order valence-corrected chi connectivity index (χ4v) is 3.50. The van der Waals surface area contributed by atoms with Gasteiger partial charge in [-0.1, -0.05) is 18.6 Å². The minimum Gasteiger partial charge on any atom is -0.508 e. The van der Waals surface area contributed by atoms with E-state index in [0.29, 0.717) is 18.9 Å². The van der Waals surface area contributed by atoms with Gasteiger partial charge in [0.05, 0.1) is 11.3 Å². The number of amides is 1. The van der Waals surface area contributed by atoms with Gasteiger partial charge in [-0.2, -0.15) is 13.2 Å². The van der Waals surface area contributed by atoms with E-state index in [2.05, 4.69) is 5.32 Å². The highest BCUT2D eigenvalue weighted by atomic mass is 19.4. The summed E-state index contributed by atoms with van der Waals surface area (Å²) in [4.78, 5) is 12.5. The molecule has 1 saturated carbocycles. The van der Waals surface area contributed by atoms with E-state index < -0.39 is 23.5 Å². The van der Waals surface area contributed by atoms with Gasteiger partial charge in [0.1, 0.15) is 11.6 Å². The van der Waals surface area contributed by atoms with Gasteiger partial charge in [-0.3, -0.25) is 4.79 Å². The maximum atomic E-state index is 13.9. The van der Waals surface area contributed by atoms with Crippen LogP contribution < -0.4 is 5.32 Å². The number of nitrogens with one attached hydrogen (secondary N) is 1. The molecule has 0 bridgehead atoms. The molecular formula is C20H19F4NO2. The highest BCUT2D eigenvalue weighted by Crippen LogP contribution is 2.37. The van der Waals surface area contributed by atoms with Crippen molar-refractivity contribution in [3.8, 4) is 5.75 Å². The van der Waals surface area contributed by atoms with Crippen LogP contribution in [0.25, 0.3) is 0 Å². The Kier molecular flexibility index (Phi) is 5.39. The smallest absolute Gasteiger partial charge is 0.416 e. The van der Waals surface area contributed by atoms with Crippen molar-refractivity contribution in [2.45, 2.75) is 37.8 Å². The largest absolute Gasteiger partial charge is 0.508 e. The van der Waals surface area contributed by atoms with E-state index in [4.69, 9.17) is 0 Å². The maximum Gasteiger partial charge on any atom is 0.416 e. The van der Waals surface area contributed by atoms with Crippen LogP contribution in [0.15, 0.2) is 42.5 Å². The Morgan fingerprint density at radius 3 is 2.41 bits per heavy atom. The van der Waals surface area contributed by atoms with Crippen LogP contribution in [0.1, 0.15) is 42.7 Å². The molecule has 3 nitrogen and oxygen atoms in total. The number of carbonyl (C=O) groups excluding carboxylic acids is 1. The summed E-state index contributed by atoms with van der Waals surface area (Å²) in [6.07, 6.45) is -1.70. The molecule has 0 aromatic heterocycles. The van der Waals surface area contributed by atoms with Gasteiger partial charge in [-0.25, -0.2) is 4.39 Å². The van der Waals surface area contributed by atoms with Crippen molar-refractivity contribution in [2.24, 2.45) is 5.92 Å². The standard InChI is InChI=1S/C20H19F4NO2/c21-17-11-15(20(22,23)24)6-9-18(17)25-19(27)14-3-1-2-13(10-14)12-4-7-16(26)8-5-12/h4-9,11,13-14,26H,1-3,10H2,(H,25,27). The Bertz CT molecular complexity index is 818. The van der Waals surface area contributed by atoms with Crippen LogP contribution in [-0.2, 0) is 11.0 Å². The van der Waals surface area contributed by atoms with Gasteiger partial charge in [0.25, 0.3) is 0 Å². The summed E-state index contributed by atoms with van der Waals surface area (Å²) in [5.41, 5.74) is -0.325. The van der Waals surface area contributed by atoms with Crippen LogP contribution in [-0.4, -0.2) is 11.0 Å². The number of rotatable bonds is 3. The van der Waals surface area contributed by atoms with E-state index in [-0.39, 0.29) is 23.3 Å². The summed E-state index contributed by atoms with van der Waals surface area (Å²) in [6, 6.07) is 8.89. The number of hydrogen-bond donors (Lipinski definition) is 2. The molecule has 2 unspecified atom stereocenters. The lowest BCUT2D eigenvalue weighted by molar-refractivity contribution is -0.137. The molecule has 0 saturated heterocycles. The second kappa shape index (κ2) is 7.58. The van der Waals surface area contributed by atoms with Crippen LogP contribution >= 0.6 is 0 Å². The summed E-state index contributed by atoms with van der Waals surface area (Å²) >= 11 is 0. The molecule has 2 N–H and O–H groups in total. The summed E-state index contributed by atoms with van der Waals surface area (Å²) < 4.78 is 51.8. The molecule has 2 aromatic rings. The van der Waals surface area contributed by atoms with Crippen molar-refractivity contribution in [1.29, 1.82) is 0 Å². The van der Waals surface area contributed by atoms with Gasteiger partial charge in [-0.15, -0.1) is 0 Å². The Balaban J connectivity index is 1.68. The van der Waals surface area contributed by atoms with E-state index in [9.17, 15) is 27.5 Å². The topological polar surface area (TPSA) is 49.3 Å². The van der Waals surface area contributed by atoms with Crippen molar-refractivity contribution in [3.63, 3.8) is 0 Å². The van der Waals surface area contributed by atoms with Crippen molar-refractivity contribution >= 4 is 11.6 Å². The molecule has 7 heteroatoms. The van der Waals surface area contributed by atoms with Crippen molar-refractivity contribution in [2.75, 3.05) is 5.32 Å². The second-order valence-electron chi connectivity index (χ2n) is 6.83. The summed E-state index contributed by atoms with van der Waals surface area (Å²) in [5, 5.41) is 11.8. The van der Waals surface area contributed by atoms with Crippen LogP contribution in [0, 0.1) is 11.7 Å². The van der Waals surface area contributed by atoms with Crippen molar-refractivity contribution in [3.05, 3.63) is 59.4 Å². The Hall–Kier alpha value is -2.57. The van der Waals surface area contributed by atoms with E-state index >= 15 is 0 Å². The van der Waals surface area contributed by atoms with Gasteiger partial charge in [0, 0.05) is 5.92 Å². The fraction of sp³-hybridized carbons (Fsp3) is 0.350. The molecule has 27 heavy (non-hydrogen) atoms. The quantitative estimate of drug-likeness (QED) is 0.694. The molecule has 1 amide bonds. The van der Waals surface area contributed by atoms with Crippen LogP contribution in [0.4, 0.5) is 23.2 Å². The Morgan fingerprint density at radius 1 is 1.07 bits per heavy atom. The van der Waals surface area contributed by atoms with Gasteiger partial charge in [0.2, 0.25) is 5.91 Å². The molecule has 3 rings (SSSR count). The lowest BCUT2D eigenvalue weighted by Crippen LogP contribution is -2.28. The first-order chi connectivity index (χ1) is 12.7. The van der Waals surface area contributed by atoms with Crippen molar-refractivity contribution in [1.82, 2.24) is 0 Å². The first-order valence-electron chi connectivity index (χ1n) is 8.70. The fourth-order valence-electron chi connectivity index (χ4n) is 3.50. The average molecular weight is 381 g/mol. The van der Waals surface area contributed by atoms with Crippen LogP contribution in [0.3, 0.4) is 0 Å². The molecule has 0 spiro atoms. The zero-order valence-electron chi connectivity index (χ0n) is 14.4. The maximum absolute atomic E-state index is 13.9. The first-order valence-corrected chi connectivity index (χ1v) is 8.70. The minimum absolute atomic E-state index is 0.146. The zero-order chi connectivity index (χ0) is 19.6. The SMILES string of the molecule is O=C(Nc1ccc(C(F)(F)F)cc1F)C1CCCC(c2ccc(O)cc2)C1. The average Bonchev–Trinajstić information content (AvgIpc) is 2.63. The third-order valence-corrected chi connectivity index (χ3v) is 4.96. The highest BCUT2D eigenvalue weighted by molar-refractivity contribution is 5.92.